The second-order valence-corrected chi connectivity index (χ2v) is 16.6. The number of ketones is 1. The van der Waals surface area contributed by atoms with Crippen molar-refractivity contribution in [3.05, 3.63) is 11.6 Å². The largest absolute Gasteiger partial charge is 0.418 e. The van der Waals surface area contributed by atoms with E-state index in [9.17, 15) is 4.79 Å². The topological polar surface area (TPSA) is 26.3 Å². The molecule has 0 aromatic heterocycles. The van der Waals surface area contributed by atoms with Gasteiger partial charge in [0.05, 0.1) is 0 Å². The molecule has 0 bridgehead atoms. The van der Waals surface area contributed by atoms with Crippen molar-refractivity contribution in [2.45, 2.75) is 91.8 Å². The van der Waals surface area contributed by atoms with E-state index in [2.05, 4.69) is 46.5 Å². The molecule has 0 N–H and O–H groups in total. The SMILES string of the molecule is C[C@@H]1CC2=CC(=O)CC[C@]2(C)[C@H]2CC[C@]3(C)[C@@H](CCO[Si](C)(C)C)CC[C@H]3[C@H]12. The van der Waals surface area contributed by atoms with E-state index in [1.54, 1.807) is 0 Å². The van der Waals surface area contributed by atoms with Crippen molar-refractivity contribution in [3.63, 3.8) is 0 Å². The number of hydrogen-bond donors (Lipinski definition) is 0. The van der Waals surface area contributed by atoms with Gasteiger partial charge in [0.25, 0.3) is 0 Å². The maximum Gasteiger partial charge on any atom is 0.183 e. The summed E-state index contributed by atoms with van der Waals surface area (Å²) in [7, 11) is -1.40. The van der Waals surface area contributed by atoms with Gasteiger partial charge in [-0.2, -0.15) is 0 Å². The van der Waals surface area contributed by atoms with Crippen LogP contribution in [0.4, 0.5) is 0 Å². The summed E-state index contributed by atoms with van der Waals surface area (Å²) in [5.74, 6) is 4.50. The summed E-state index contributed by atoms with van der Waals surface area (Å²) in [5.41, 5.74) is 2.31. The lowest BCUT2D eigenvalue weighted by molar-refractivity contribution is -0.118. The van der Waals surface area contributed by atoms with Gasteiger partial charge in [-0.1, -0.05) is 26.3 Å². The zero-order chi connectivity index (χ0) is 20.3. The summed E-state index contributed by atoms with van der Waals surface area (Å²) in [4.78, 5) is 12.1. The summed E-state index contributed by atoms with van der Waals surface area (Å²) in [6.07, 6.45) is 11.9. The van der Waals surface area contributed by atoms with Crippen molar-refractivity contribution < 1.29 is 9.22 Å². The fourth-order valence-corrected chi connectivity index (χ4v) is 8.73. The van der Waals surface area contributed by atoms with Gasteiger partial charge in [0.2, 0.25) is 0 Å². The van der Waals surface area contributed by atoms with E-state index < -0.39 is 8.32 Å². The van der Waals surface area contributed by atoms with Gasteiger partial charge in [0.1, 0.15) is 0 Å². The average Bonchev–Trinajstić information content (AvgIpc) is 2.92. The molecule has 3 saturated carbocycles. The van der Waals surface area contributed by atoms with Crippen molar-refractivity contribution >= 4 is 14.1 Å². The van der Waals surface area contributed by atoms with Gasteiger partial charge in [0.15, 0.2) is 14.1 Å². The van der Waals surface area contributed by atoms with E-state index in [1.807, 2.05) is 0 Å². The molecule has 0 aromatic carbocycles. The highest BCUT2D eigenvalue weighted by Crippen LogP contribution is 2.68. The number of hydrogen-bond acceptors (Lipinski definition) is 2. The molecular weight excluding hydrogens is 360 g/mol. The molecule has 0 aromatic rings. The second-order valence-electron chi connectivity index (χ2n) is 12.1. The second kappa shape index (κ2) is 7.08. The molecule has 7 atom stereocenters. The van der Waals surface area contributed by atoms with E-state index >= 15 is 0 Å². The standard InChI is InChI=1S/C25H42O2Si/c1-17-15-19-16-20(26)9-12-25(19,3)22-10-13-24(2)18(7-8-21(24)23(17)22)11-14-27-28(4,5)6/h16-18,21-23H,7-15H2,1-6H3/t17-,18-,21+,22+,23+,24-,25+/m1/s1. The molecule has 0 amide bonds. The minimum atomic E-state index is -1.40. The summed E-state index contributed by atoms with van der Waals surface area (Å²) in [6.45, 7) is 15.5. The number of carbonyl (C=O) groups is 1. The van der Waals surface area contributed by atoms with E-state index in [4.69, 9.17) is 4.43 Å². The molecule has 0 unspecified atom stereocenters. The van der Waals surface area contributed by atoms with Gasteiger partial charge in [-0.05, 0) is 111 Å². The fraction of sp³-hybridized carbons (Fsp3) is 0.880. The monoisotopic (exact) mass is 402 g/mol. The fourth-order valence-electron chi connectivity index (χ4n) is 8.00. The third kappa shape index (κ3) is 3.39. The van der Waals surface area contributed by atoms with Crippen LogP contribution < -0.4 is 0 Å². The third-order valence-corrected chi connectivity index (χ3v) is 10.6. The van der Waals surface area contributed by atoms with Crippen molar-refractivity contribution in [2.24, 2.45) is 40.4 Å². The van der Waals surface area contributed by atoms with Crippen LogP contribution in [-0.2, 0) is 9.22 Å². The molecule has 0 aliphatic heterocycles. The number of carbonyl (C=O) groups excluding carboxylic acids is 1. The van der Waals surface area contributed by atoms with Crippen LogP contribution in [0.3, 0.4) is 0 Å². The maximum atomic E-state index is 12.1. The molecule has 3 heteroatoms. The Hall–Kier alpha value is -0.413. The van der Waals surface area contributed by atoms with Gasteiger partial charge in [-0.15, -0.1) is 0 Å². The highest BCUT2D eigenvalue weighted by molar-refractivity contribution is 6.69. The molecule has 4 rings (SSSR count). The minimum Gasteiger partial charge on any atom is -0.418 e. The molecule has 0 heterocycles. The number of allylic oxidation sites excluding steroid dienone is 1. The number of rotatable bonds is 4. The highest BCUT2D eigenvalue weighted by atomic mass is 28.4. The van der Waals surface area contributed by atoms with Crippen LogP contribution in [0.15, 0.2) is 11.6 Å². The zero-order valence-corrected chi connectivity index (χ0v) is 20.1. The van der Waals surface area contributed by atoms with E-state index in [0.717, 1.165) is 49.0 Å². The third-order valence-electron chi connectivity index (χ3n) is 9.51. The lowest BCUT2D eigenvalue weighted by Gasteiger charge is -2.60. The number of fused-ring (bicyclic) bond motifs is 5. The van der Waals surface area contributed by atoms with Crippen LogP contribution in [0.5, 0.6) is 0 Å². The average molecular weight is 403 g/mol. The van der Waals surface area contributed by atoms with Gasteiger partial charge >= 0.3 is 0 Å². The summed E-state index contributed by atoms with van der Waals surface area (Å²) < 4.78 is 6.24. The molecule has 0 spiro atoms. The Morgan fingerprint density at radius 2 is 1.86 bits per heavy atom. The Kier molecular flexibility index (Phi) is 5.27. The molecule has 158 valence electrons. The molecule has 2 nitrogen and oxygen atoms in total. The Morgan fingerprint density at radius 3 is 2.57 bits per heavy atom. The van der Waals surface area contributed by atoms with Gasteiger partial charge in [0, 0.05) is 13.0 Å². The van der Waals surface area contributed by atoms with Crippen LogP contribution in [0.2, 0.25) is 19.6 Å². The van der Waals surface area contributed by atoms with Crippen LogP contribution in [0, 0.1) is 40.4 Å². The van der Waals surface area contributed by atoms with E-state index in [1.165, 1.54) is 44.1 Å². The lowest BCUT2D eigenvalue weighted by atomic mass is 9.44. The molecule has 28 heavy (non-hydrogen) atoms. The van der Waals surface area contributed by atoms with Crippen LogP contribution in [0.1, 0.15) is 72.1 Å². The summed E-state index contributed by atoms with van der Waals surface area (Å²) >= 11 is 0. The molecular formula is C25H42O2Si. The summed E-state index contributed by atoms with van der Waals surface area (Å²) in [5, 5.41) is 0. The Labute approximate surface area is 174 Å². The lowest BCUT2D eigenvalue weighted by Crippen LogP contribution is -2.53. The predicted octanol–water partition coefficient (Wildman–Crippen LogP) is 6.62. The van der Waals surface area contributed by atoms with Crippen molar-refractivity contribution in [2.75, 3.05) is 6.61 Å². The van der Waals surface area contributed by atoms with Crippen molar-refractivity contribution in [1.29, 1.82) is 0 Å². The molecule has 0 radical (unpaired) electrons. The smallest absolute Gasteiger partial charge is 0.183 e. The molecule has 4 aliphatic carbocycles. The summed E-state index contributed by atoms with van der Waals surface area (Å²) in [6, 6.07) is 0. The predicted molar refractivity (Wildman–Crippen MR) is 119 cm³/mol. The normalized spacial score (nSPS) is 45.9. The Morgan fingerprint density at radius 1 is 1.11 bits per heavy atom. The first-order valence-corrected chi connectivity index (χ1v) is 15.3. The van der Waals surface area contributed by atoms with Crippen LogP contribution >= 0.6 is 0 Å². The zero-order valence-electron chi connectivity index (χ0n) is 19.1. The molecule has 0 saturated heterocycles. The Balaban J connectivity index is 1.54. The first kappa shape index (κ1) is 20.8. The van der Waals surface area contributed by atoms with Gasteiger partial charge in [-0.3, -0.25) is 4.79 Å². The first-order valence-electron chi connectivity index (χ1n) is 11.9. The Bertz CT molecular complexity index is 662. The van der Waals surface area contributed by atoms with E-state index in [0.29, 0.717) is 16.6 Å². The first-order chi connectivity index (χ1) is 13.0. The van der Waals surface area contributed by atoms with Crippen molar-refractivity contribution in [3.8, 4) is 0 Å². The van der Waals surface area contributed by atoms with Crippen molar-refractivity contribution in [1.82, 2.24) is 0 Å². The van der Waals surface area contributed by atoms with E-state index in [-0.39, 0.29) is 0 Å². The van der Waals surface area contributed by atoms with Gasteiger partial charge in [-0.25, -0.2) is 0 Å². The molecule has 4 aliphatic rings. The van der Waals surface area contributed by atoms with Crippen LogP contribution in [-0.4, -0.2) is 20.7 Å². The highest BCUT2D eigenvalue weighted by Gasteiger charge is 2.60. The van der Waals surface area contributed by atoms with Crippen LogP contribution in [0.25, 0.3) is 0 Å². The molecule has 3 fully saturated rings. The maximum absolute atomic E-state index is 12.1. The quantitative estimate of drug-likeness (QED) is 0.494. The minimum absolute atomic E-state index is 0.297. The van der Waals surface area contributed by atoms with Gasteiger partial charge < -0.3 is 4.43 Å².